The number of benzene rings is 1. The van der Waals surface area contributed by atoms with Gasteiger partial charge in [-0.2, -0.15) is 0 Å². The zero-order valence-electron chi connectivity index (χ0n) is 12.6. The highest BCUT2D eigenvalue weighted by Crippen LogP contribution is 2.16. The van der Waals surface area contributed by atoms with Crippen LogP contribution in [0, 0.1) is 0 Å². The summed E-state index contributed by atoms with van der Waals surface area (Å²) in [6, 6.07) is 8.81. The molecule has 0 amide bonds. The van der Waals surface area contributed by atoms with Crippen molar-refractivity contribution in [3.8, 4) is 0 Å². The first-order chi connectivity index (χ1) is 10.3. The third-order valence-electron chi connectivity index (χ3n) is 3.86. The Bertz CT molecular complexity index is 554. The van der Waals surface area contributed by atoms with Gasteiger partial charge < -0.3 is 10.2 Å². The van der Waals surface area contributed by atoms with Crippen molar-refractivity contribution in [1.29, 1.82) is 0 Å². The number of rotatable bonds is 5. The fraction of sp³-hybridized carbons (Fsp3) is 0.500. The van der Waals surface area contributed by atoms with E-state index >= 15 is 0 Å². The van der Waals surface area contributed by atoms with Crippen LogP contribution in [0.2, 0.25) is 0 Å². The highest BCUT2D eigenvalue weighted by atomic mass is 15.4. The molecule has 5 nitrogen and oxygen atoms in total. The largest absolute Gasteiger partial charge is 0.369 e. The van der Waals surface area contributed by atoms with Crippen molar-refractivity contribution in [3.63, 3.8) is 0 Å². The van der Waals surface area contributed by atoms with Gasteiger partial charge in [0.15, 0.2) is 0 Å². The van der Waals surface area contributed by atoms with Gasteiger partial charge in [0.1, 0.15) is 0 Å². The van der Waals surface area contributed by atoms with Crippen LogP contribution < -0.4 is 10.2 Å². The van der Waals surface area contributed by atoms with E-state index in [0.29, 0.717) is 0 Å². The maximum atomic E-state index is 4.19. The minimum Gasteiger partial charge on any atom is -0.369 e. The van der Waals surface area contributed by atoms with Crippen molar-refractivity contribution in [2.45, 2.75) is 26.3 Å². The summed E-state index contributed by atoms with van der Waals surface area (Å²) in [5.41, 5.74) is 3.65. The molecule has 0 atom stereocenters. The Morgan fingerprint density at radius 3 is 2.62 bits per heavy atom. The van der Waals surface area contributed by atoms with E-state index in [1.807, 2.05) is 10.9 Å². The Hall–Kier alpha value is -1.88. The van der Waals surface area contributed by atoms with E-state index in [1.54, 1.807) is 0 Å². The molecule has 1 aromatic carbocycles. The Balaban J connectivity index is 1.63. The highest BCUT2D eigenvalue weighted by molar-refractivity contribution is 5.48. The van der Waals surface area contributed by atoms with Crippen molar-refractivity contribution in [2.75, 3.05) is 31.1 Å². The number of nitrogens with zero attached hydrogens (tertiary/aromatic N) is 4. The van der Waals surface area contributed by atoms with Crippen LogP contribution >= 0.6 is 0 Å². The lowest BCUT2D eigenvalue weighted by molar-refractivity contribution is 0.589. The van der Waals surface area contributed by atoms with E-state index in [2.05, 4.69) is 51.7 Å². The molecule has 0 bridgehead atoms. The number of hydrogen-bond donors (Lipinski definition) is 1. The van der Waals surface area contributed by atoms with Crippen molar-refractivity contribution in [1.82, 2.24) is 20.3 Å². The van der Waals surface area contributed by atoms with Gasteiger partial charge in [-0.05, 0) is 24.1 Å². The predicted molar refractivity (Wildman–Crippen MR) is 84.6 cm³/mol. The minimum absolute atomic E-state index is 0.790. The van der Waals surface area contributed by atoms with Gasteiger partial charge >= 0.3 is 0 Å². The first kappa shape index (κ1) is 14.1. The molecule has 1 aromatic heterocycles. The first-order valence-electron chi connectivity index (χ1n) is 7.79. The van der Waals surface area contributed by atoms with E-state index in [4.69, 9.17) is 0 Å². The summed E-state index contributed by atoms with van der Waals surface area (Å²) in [5, 5.41) is 11.8. The predicted octanol–water partition coefficient (Wildman–Crippen LogP) is 1.69. The molecule has 1 N–H and O–H groups in total. The second kappa shape index (κ2) is 6.72. The number of anilines is 1. The van der Waals surface area contributed by atoms with Crippen molar-refractivity contribution in [2.24, 2.45) is 0 Å². The average Bonchev–Trinajstić information content (AvgIpc) is 2.97. The second-order valence-electron chi connectivity index (χ2n) is 5.56. The molecule has 0 unspecified atom stereocenters. The van der Waals surface area contributed by atoms with Crippen LogP contribution in [0.4, 0.5) is 5.69 Å². The van der Waals surface area contributed by atoms with Crippen molar-refractivity contribution < 1.29 is 0 Å². The van der Waals surface area contributed by atoms with Gasteiger partial charge in [-0.15, -0.1) is 5.10 Å². The number of aromatic nitrogens is 3. The summed E-state index contributed by atoms with van der Waals surface area (Å²) in [6.07, 6.45) is 4.16. The maximum Gasteiger partial charge on any atom is 0.0827 e. The fourth-order valence-electron chi connectivity index (χ4n) is 2.71. The third kappa shape index (κ3) is 3.61. The van der Waals surface area contributed by atoms with Crippen LogP contribution in [0.25, 0.3) is 0 Å². The lowest BCUT2D eigenvalue weighted by atomic mass is 10.2. The molecular weight excluding hydrogens is 262 g/mol. The van der Waals surface area contributed by atoms with Crippen LogP contribution in [-0.4, -0.2) is 41.2 Å². The molecule has 1 saturated heterocycles. The molecule has 0 radical (unpaired) electrons. The second-order valence-corrected chi connectivity index (χ2v) is 5.56. The van der Waals surface area contributed by atoms with Crippen molar-refractivity contribution in [3.05, 3.63) is 41.7 Å². The normalized spacial score (nSPS) is 15.4. The van der Waals surface area contributed by atoms with Crippen LogP contribution in [0.3, 0.4) is 0 Å². The number of nitrogens with one attached hydrogen (secondary N) is 1. The Morgan fingerprint density at radius 1 is 1.14 bits per heavy atom. The molecule has 112 valence electrons. The lowest BCUT2D eigenvalue weighted by Gasteiger charge is -2.29. The molecule has 0 saturated carbocycles. The summed E-state index contributed by atoms with van der Waals surface area (Å²) in [7, 11) is 0. The smallest absolute Gasteiger partial charge is 0.0827 e. The van der Waals surface area contributed by atoms with E-state index in [1.165, 1.54) is 11.3 Å². The lowest BCUT2D eigenvalue weighted by Crippen LogP contribution is -2.43. The Labute approximate surface area is 126 Å². The molecule has 1 aliphatic rings. The van der Waals surface area contributed by atoms with E-state index < -0.39 is 0 Å². The molecule has 3 rings (SSSR count). The molecule has 0 aliphatic carbocycles. The number of hydrogen-bond acceptors (Lipinski definition) is 4. The molecule has 1 aliphatic heterocycles. The summed E-state index contributed by atoms with van der Waals surface area (Å²) < 4.78 is 1.92. The SMILES string of the molecule is CCCc1cn(Cc2ccc(N3CCNCC3)cc2)nn1. The standard InChI is InChI=1S/C16H23N5/c1-2-3-15-13-21(19-18-15)12-14-4-6-16(7-5-14)20-10-8-17-9-11-20/h4-7,13,17H,2-3,8-12H2,1H3. The van der Waals surface area contributed by atoms with Gasteiger partial charge in [-0.25, -0.2) is 4.68 Å². The molecule has 21 heavy (non-hydrogen) atoms. The molecule has 1 fully saturated rings. The summed E-state index contributed by atoms with van der Waals surface area (Å²) in [4.78, 5) is 2.43. The average molecular weight is 285 g/mol. The zero-order valence-corrected chi connectivity index (χ0v) is 12.6. The summed E-state index contributed by atoms with van der Waals surface area (Å²) in [6.45, 7) is 7.26. The number of piperazine rings is 1. The fourth-order valence-corrected chi connectivity index (χ4v) is 2.71. The minimum atomic E-state index is 0.790. The quantitative estimate of drug-likeness (QED) is 0.908. The van der Waals surface area contributed by atoms with Gasteiger partial charge in [-0.3, -0.25) is 0 Å². The van der Waals surface area contributed by atoms with Gasteiger partial charge in [0.25, 0.3) is 0 Å². The van der Waals surface area contributed by atoms with Crippen LogP contribution in [0.15, 0.2) is 30.5 Å². The van der Waals surface area contributed by atoms with Crippen LogP contribution in [0.1, 0.15) is 24.6 Å². The molecule has 0 spiro atoms. The van der Waals surface area contributed by atoms with Gasteiger partial charge in [0, 0.05) is 38.1 Å². The third-order valence-corrected chi connectivity index (χ3v) is 3.86. The van der Waals surface area contributed by atoms with Gasteiger partial charge in [-0.1, -0.05) is 30.7 Å². The topological polar surface area (TPSA) is 46.0 Å². The van der Waals surface area contributed by atoms with E-state index in [9.17, 15) is 0 Å². The maximum absolute atomic E-state index is 4.19. The molecule has 2 aromatic rings. The molecule has 2 heterocycles. The van der Waals surface area contributed by atoms with Crippen molar-refractivity contribution >= 4 is 5.69 Å². The Kier molecular flexibility index (Phi) is 4.50. The highest BCUT2D eigenvalue weighted by Gasteiger charge is 2.10. The zero-order chi connectivity index (χ0) is 14.5. The summed E-state index contributed by atoms with van der Waals surface area (Å²) >= 11 is 0. The van der Waals surface area contributed by atoms with E-state index in [0.717, 1.165) is 51.3 Å². The van der Waals surface area contributed by atoms with Gasteiger partial charge in [0.2, 0.25) is 0 Å². The molecule has 5 heteroatoms. The van der Waals surface area contributed by atoms with Crippen LogP contribution in [0.5, 0.6) is 0 Å². The van der Waals surface area contributed by atoms with E-state index in [-0.39, 0.29) is 0 Å². The first-order valence-corrected chi connectivity index (χ1v) is 7.79. The Morgan fingerprint density at radius 2 is 1.90 bits per heavy atom. The number of aryl methyl sites for hydroxylation is 1. The monoisotopic (exact) mass is 285 g/mol. The molecular formula is C16H23N5. The van der Waals surface area contributed by atoms with Crippen LogP contribution in [-0.2, 0) is 13.0 Å². The summed E-state index contributed by atoms with van der Waals surface area (Å²) in [5.74, 6) is 0. The van der Waals surface area contributed by atoms with Gasteiger partial charge in [0.05, 0.1) is 12.2 Å².